The molecule has 2 aromatic carbocycles. The number of hydrogen-bond acceptors (Lipinski definition) is 3. The van der Waals surface area contributed by atoms with Gasteiger partial charge in [0.15, 0.2) is 0 Å². The normalized spacial score (nSPS) is 19.8. The molecule has 4 rings (SSSR count). The number of amides is 2. The van der Waals surface area contributed by atoms with Crippen LogP contribution >= 0.6 is 0 Å². The minimum absolute atomic E-state index is 0.00894. The molecule has 1 saturated heterocycles. The molecule has 0 radical (unpaired) electrons. The van der Waals surface area contributed by atoms with E-state index in [4.69, 9.17) is 0 Å². The first kappa shape index (κ1) is 17.7. The van der Waals surface area contributed by atoms with Gasteiger partial charge >= 0.3 is 0 Å². The summed E-state index contributed by atoms with van der Waals surface area (Å²) in [6.45, 7) is 3.59. The fourth-order valence-electron chi connectivity index (χ4n) is 3.91. The summed E-state index contributed by atoms with van der Waals surface area (Å²) in [7, 11) is 1.77. The Balaban J connectivity index is 1.35. The Morgan fingerprint density at radius 1 is 1.07 bits per heavy atom. The van der Waals surface area contributed by atoms with Crippen molar-refractivity contribution in [1.82, 2.24) is 15.1 Å². The lowest BCUT2D eigenvalue weighted by Gasteiger charge is -2.28. The molecule has 2 heterocycles. The van der Waals surface area contributed by atoms with E-state index in [0.29, 0.717) is 18.5 Å². The topological polar surface area (TPSA) is 52.7 Å². The summed E-state index contributed by atoms with van der Waals surface area (Å²) >= 11 is 0. The molecule has 2 aliphatic rings. The van der Waals surface area contributed by atoms with Crippen LogP contribution in [0, 0.1) is 0 Å². The van der Waals surface area contributed by atoms with E-state index in [-0.39, 0.29) is 11.8 Å². The Bertz CT molecular complexity index is 847. The van der Waals surface area contributed by atoms with Crippen LogP contribution in [-0.2, 0) is 24.3 Å². The Kier molecular flexibility index (Phi) is 4.94. The van der Waals surface area contributed by atoms with Gasteiger partial charge in [-0.05, 0) is 41.7 Å². The van der Waals surface area contributed by atoms with E-state index < -0.39 is 6.04 Å². The van der Waals surface area contributed by atoms with E-state index in [2.05, 4.69) is 34.5 Å². The largest absolute Gasteiger partial charge is 0.344 e. The number of carbonyl (C=O) groups excluding carboxylic acids is 2. The van der Waals surface area contributed by atoms with Crippen molar-refractivity contribution < 1.29 is 9.59 Å². The predicted octanol–water partition coefficient (Wildman–Crippen LogP) is 2.21. The molecule has 2 amide bonds. The van der Waals surface area contributed by atoms with Crippen LogP contribution in [0.15, 0.2) is 48.5 Å². The molecule has 0 aromatic heterocycles. The van der Waals surface area contributed by atoms with Gasteiger partial charge < -0.3 is 10.2 Å². The van der Waals surface area contributed by atoms with Crippen molar-refractivity contribution in [3.05, 3.63) is 70.8 Å². The third-order valence-electron chi connectivity index (χ3n) is 5.56. The molecule has 5 heteroatoms. The quantitative estimate of drug-likeness (QED) is 0.906. The van der Waals surface area contributed by atoms with Crippen molar-refractivity contribution in [3.8, 4) is 0 Å². The number of hydrogen-bond donors (Lipinski definition) is 1. The second kappa shape index (κ2) is 7.53. The van der Waals surface area contributed by atoms with Crippen LogP contribution in [0.2, 0.25) is 0 Å². The molecule has 1 atom stereocenters. The van der Waals surface area contributed by atoms with Gasteiger partial charge in [0.05, 0.1) is 0 Å². The Hall–Kier alpha value is -2.66. The fourth-order valence-corrected chi connectivity index (χ4v) is 3.91. The van der Waals surface area contributed by atoms with E-state index in [1.807, 2.05) is 24.3 Å². The van der Waals surface area contributed by atoms with Gasteiger partial charge in [-0.3, -0.25) is 14.5 Å². The van der Waals surface area contributed by atoms with Gasteiger partial charge in [-0.2, -0.15) is 0 Å². The highest BCUT2D eigenvalue weighted by molar-refractivity contribution is 5.98. The van der Waals surface area contributed by atoms with Crippen LogP contribution in [0.25, 0.3) is 0 Å². The molecular weight excluding hydrogens is 338 g/mol. The lowest BCUT2D eigenvalue weighted by molar-refractivity contribution is -0.128. The third kappa shape index (κ3) is 3.88. The third-order valence-corrected chi connectivity index (χ3v) is 5.56. The molecule has 140 valence electrons. The molecule has 0 spiro atoms. The summed E-state index contributed by atoms with van der Waals surface area (Å²) in [5.41, 5.74) is 4.66. The minimum Gasteiger partial charge on any atom is -0.344 e. The Labute approximate surface area is 160 Å². The lowest BCUT2D eigenvalue weighted by Crippen LogP contribution is -2.40. The van der Waals surface area contributed by atoms with Crippen LogP contribution in [0.3, 0.4) is 0 Å². The predicted molar refractivity (Wildman–Crippen MR) is 104 cm³/mol. The summed E-state index contributed by atoms with van der Waals surface area (Å²) < 4.78 is 0. The number of carbonyl (C=O) groups is 2. The monoisotopic (exact) mass is 363 g/mol. The van der Waals surface area contributed by atoms with Gasteiger partial charge in [0.2, 0.25) is 5.91 Å². The first-order chi connectivity index (χ1) is 13.1. The summed E-state index contributed by atoms with van der Waals surface area (Å²) in [5.74, 6) is -0.188. The Morgan fingerprint density at radius 3 is 2.52 bits per heavy atom. The second-order valence-electron chi connectivity index (χ2n) is 7.50. The van der Waals surface area contributed by atoms with Crippen molar-refractivity contribution in [2.75, 3.05) is 20.1 Å². The van der Waals surface area contributed by atoms with Gasteiger partial charge in [0.25, 0.3) is 5.91 Å². The van der Waals surface area contributed by atoms with E-state index in [1.165, 1.54) is 16.7 Å². The molecule has 5 nitrogen and oxygen atoms in total. The summed E-state index contributed by atoms with van der Waals surface area (Å²) in [6.07, 6.45) is 1.76. The first-order valence-electron chi connectivity index (χ1n) is 9.54. The number of nitrogens with one attached hydrogen (secondary N) is 1. The average molecular weight is 363 g/mol. The number of likely N-dealkylation sites (N-methyl/N-ethyl adjacent to an activating group) is 1. The number of rotatable bonds is 4. The second-order valence-corrected chi connectivity index (χ2v) is 7.50. The highest BCUT2D eigenvalue weighted by Crippen LogP contribution is 2.20. The van der Waals surface area contributed by atoms with Crippen molar-refractivity contribution in [3.63, 3.8) is 0 Å². The molecule has 1 fully saturated rings. The number of benzene rings is 2. The first-order valence-corrected chi connectivity index (χ1v) is 9.54. The molecule has 0 bridgehead atoms. The van der Waals surface area contributed by atoms with E-state index in [0.717, 1.165) is 26.1 Å². The van der Waals surface area contributed by atoms with E-state index in [9.17, 15) is 9.59 Å². The summed E-state index contributed by atoms with van der Waals surface area (Å²) in [4.78, 5) is 28.4. The molecule has 27 heavy (non-hydrogen) atoms. The zero-order valence-corrected chi connectivity index (χ0v) is 15.6. The SMILES string of the molecule is CN1CCC(NC(=O)c2ccc(CN3CCc4ccccc4C3)cc2)C1=O. The van der Waals surface area contributed by atoms with Crippen LogP contribution in [0.1, 0.15) is 33.5 Å². The minimum atomic E-state index is -0.393. The maximum absolute atomic E-state index is 12.4. The maximum atomic E-state index is 12.4. The van der Waals surface area contributed by atoms with Crippen molar-refractivity contribution in [2.24, 2.45) is 0 Å². The molecule has 2 aromatic rings. The highest BCUT2D eigenvalue weighted by Gasteiger charge is 2.30. The summed E-state index contributed by atoms with van der Waals surface area (Å²) in [5, 5.41) is 2.85. The molecule has 1 unspecified atom stereocenters. The van der Waals surface area contributed by atoms with Crippen molar-refractivity contribution in [2.45, 2.75) is 32.0 Å². The van der Waals surface area contributed by atoms with Gasteiger partial charge in [0, 0.05) is 38.8 Å². The lowest BCUT2D eigenvalue weighted by atomic mass is 9.99. The summed E-state index contributed by atoms with van der Waals surface area (Å²) in [6, 6.07) is 16.0. The molecule has 0 saturated carbocycles. The van der Waals surface area contributed by atoms with Crippen LogP contribution in [-0.4, -0.2) is 47.8 Å². The van der Waals surface area contributed by atoms with Gasteiger partial charge in [-0.15, -0.1) is 0 Å². The molecule has 2 aliphatic heterocycles. The Morgan fingerprint density at radius 2 is 1.81 bits per heavy atom. The zero-order valence-electron chi connectivity index (χ0n) is 15.6. The van der Waals surface area contributed by atoms with Gasteiger partial charge in [-0.25, -0.2) is 0 Å². The smallest absolute Gasteiger partial charge is 0.251 e. The maximum Gasteiger partial charge on any atom is 0.251 e. The van der Waals surface area contributed by atoms with Crippen molar-refractivity contribution in [1.29, 1.82) is 0 Å². The fraction of sp³-hybridized carbons (Fsp3) is 0.364. The number of nitrogens with zero attached hydrogens (tertiary/aromatic N) is 2. The van der Waals surface area contributed by atoms with Crippen LogP contribution in [0.5, 0.6) is 0 Å². The number of fused-ring (bicyclic) bond motifs is 1. The van der Waals surface area contributed by atoms with Crippen LogP contribution < -0.4 is 5.32 Å². The van der Waals surface area contributed by atoms with E-state index >= 15 is 0 Å². The zero-order chi connectivity index (χ0) is 18.8. The molecule has 0 aliphatic carbocycles. The highest BCUT2D eigenvalue weighted by atomic mass is 16.2. The van der Waals surface area contributed by atoms with Crippen molar-refractivity contribution >= 4 is 11.8 Å². The van der Waals surface area contributed by atoms with E-state index in [1.54, 1.807) is 11.9 Å². The van der Waals surface area contributed by atoms with Gasteiger partial charge in [-0.1, -0.05) is 36.4 Å². The average Bonchev–Trinajstić information content (AvgIpc) is 3.00. The van der Waals surface area contributed by atoms with Gasteiger partial charge in [0.1, 0.15) is 6.04 Å². The molecular formula is C22H25N3O2. The standard InChI is InChI=1S/C22H25N3O2/c1-24-12-11-20(22(24)27)23-21(26)18-8-6-16(7-9-18)14-25-13-10-17-4-2-3-5-19(17)15-25/h2-9,20H,10-15H2,1H3,(H,23,26). The number of likely N-dealkylation sites (tertiary alicyclic amines) is 1. The molecule has 1 N–H and O–H groups in total. The van der Waals surface area contributed by atoms with Crippen LogP contribution in [0.4, 0.5) is 0 Å².